The molecule has 0 unspecified atom stereocenters. The zero-order valence-corrected chi connectivity index (χ0v) is 16.4. The summed E-state index contributed by atoms with van der Waals surface area (Å²) in [7, 11) is 0. The van der Waals surface area contributed by atoms with Crippen LogP contribution in [0.3, 0.4) is 0 Å². The minimum Gasteiger partial charge on any atom is -0.367 e. The van der Waals surface area contributed by atoms with E-state index in [0.29, 0.717) is 0 Å². The Hall–Kier alpha value is 0.180. The quantitative estimate of drug-likeness (QED) is 0.284. The maximum Gasteiger partial charge on any atom is 0.0675 e. The van der Waals surface area contributed by atoms with Crippen LogP contribution in [-0.2, 0) is 0 Å². The molecule has 1 aliphatic heterocycles. The summed E-state index contributed by atoms with van der Waals surface area (Å²) in [5.74, 6) is 1.18. The first-order valence-corrected chi connectivity index (χ1v) is 10.5. The van der Waals surface area contributed by atoms with Gasteiger partial charge in [-0.15, -0.1) is 24.2 Å². The van der Waals surface area contributed by atoms with Crippen LogP contribution in [0.1, 0.15) is 96.8 Å². The molecule has 0 bridgehead atoms. The first kappa shape index (κ1) is 22.2. The van der Waals surface area contributed by atoms with Crippen LogP contribution in [0.4, 0.5) is 0 Å². The standard InChI is InChI=1S/C19H37NS.ClH/c1-2-3-4-5-6-7-8-9-10-11-12-13-14-15-16-20-17-18-21-19-20;/h17-18H,2-16,19H2,1H3;1H. The molecule has 1 heterocycles. The molecule has 0 N–H and O–H groups in total. The maximum atomic E-state index is 2.44. The fraction of sp³-hybridized carbons (Fsp3) is 0.895. The lowest BCUT2D eigenvalue weighted by Gasteiger charge is -2.13. The number of rotatable bonds is 15. The summed E-state index contributed by atoms with van der Waals surface area (Å²) in [6.45, 7) is 3.56. The molecular formula is C19H38ClNS. The molecule has 22 heavy (non-hydrogen) atoms. The van der Waals surface area contributed by atoms with Gasteiger partial charge < -0.3 is 4.90 Å². The molecule has 0 saturated carbocycles. The Bertz CT molecular complexity index is 246. The Labute approximate surface area is 150 Å². The first-order chi connectivity index (χ1) is 10.4. The fourth-order valence-corrected chi connectivity index (χ4v) is 3.71. The van der Waals surface area contributed by atoms with Gasteiger partial charge in [-0.2, -0.15) is 0 Å². The van der Waals surface area contributed by atoms with Crippen LogP contribution in [0.15, 0.2) is 11.6 Å². The third-order valence-electron chi connectivity index (χ3n) is 4.41. The predicted octanol–water partition coefficient (Wildman–Crippen LogP) is 7.37. The number of hydrogen-bond donors (Lipinski definition) is 0. The Morgan fingerprint density at radius 1 is 0.727 bits per heavy atom. The normalized spacial score (nSPS) is 13.6. The second-order valence-corrected chi connectivity index (χ2v) is 7.35. The third kappa shape index (κ3) is 13.8. The van der Waals surface area contributed by atoms with Crippen molar-refractivity contribution in [3.63, 3.8) is 0 Å². The van der Waals surface area contributed by atoms with E-state index in [4.69, 9.17) is 0 Å². The number of halogens is 1. The van der Waals surface area contributed by atoms with E-state index in [-0.39, 0.29) is 12.4 Å². The molecule has 0 spiro atoms. The van der Waals surface area contributed by atoms with Crippen LogP contribution in [0.25, 0.3) is 0 Å². The number of hydrogen-bond acceptors (Lipinski definition) is 2. The average Bonchev–Trinajstić information content (AvgIpc) is 3.01. The minimum atomic E-state index is 0. The third-order valence-corrected chi connectivity index (χ3v) is 5.20. The highest BCUT2D eigenvalue weighted by molar-refractivity contribution is 8.02. The summed E-state index contributed by atoms with van der Waals surface area (Å²) in [5, 5.41) is 2.21. The lowest BCUT2D eigenvalue weighted by molar-refractivity contribution is 0.420. The van der Waals surface area contributed by atoms with E-state index < -0.39 is 0 Å². The molecule has 1 aliphatic rings. The molecule has 0 radical (unpaired) electrons. The zero-order valence-electron chi connectivity index (χ0n) is 14.7. The minimum absolute atomic E-state index is 0. The molecule has 0 aromatic rings. The van der Waals surface area contributed by atoms with Crippen molar-refractivity contribution in [1.29, 1.82) is 0 Å². The van der Waals surface area contributed by atoms with Crippen molar-refractivity contribution in [2.24, 2.45) is 0 Å². The van der Waals surface area contributed by atoms with Crippen LogP contribution >= 0.6 is 24.2 Å². The van der Waals surface area contributed by atoms with Crippen LogP contribution < -0.4 is 0 Å². The highest BCUT2D eigenvalue weighted by Gasteiger charge is 2.02. The molecule has 1 rings (SSSR count). The second-order valence-electron chi connectivity index (χ2n) is 6.49. The highest BCUT2D eigenvalue weighted by Crippen LogP contribution is 2.16. The van der Waals surface area contributed by atoms with E-state index in [1.165, 1.54) is 102 Å². The molecule has 0 aromatic heterocycles. The summed E-state index contributed by atoms with van der Waals surface area (Å²) in [4.78, 5) is 2.44. The molecule has 1 nitrogen and oxygen atoms in total. The molecule has 0 atom stereocenters. The van der Waals surface area contributed by atoms with E-state index in [2.05, 4.69) is 23.4 Å². The van der Waals surface area contributed by atoms with Crippen molar-refractivity contribution in [1.82, 2.24) is 4.90 Å². The SMILES string of the molecule is CCCCCCCCCCCCCCCCN1C=CSC1.Cl. The molecule has 0 amide bonds. The van der Waals surface area contributed by atoms with Gasteiger partial charge >= 0.3 is 0 Å². The Morgan fingerprint density at radius 3 is 1.59 bits per heavy atom. The number of thioether (sulfide) groups is 1. The topological polar surface area (TPSA) is 3.24 Å². The smallest absolute Gasteiger partial charge is 0.0675 e. The summed E-state index contributed by atoms with van der Waals surface area (Å²) >= 11 is 1.91. The molecule has 0 aromatic carbocycles. The van der Waals surface area contributed by atoms with Gasteiger partial charge in [-0.1, -0.05) is 90.4 Å². The average molecular weight is 348 g/mol. The van der Waals surface area contributed by atoms with Crippen LogP contribution in [0, 0.1) is 0 Å². The van der Waals surface area contributed by atoms with Gasteiger partial charge in [0.25, 0.3) is 0 Å². The van der Waals surface area contributed by atoms with E-state index in [1.807, 2.05) is 11.8 Å². The van der Waals surface area contributed by atoms with Crippen LogP contribution in [0.2, 0.25) is 0 Å². The van der Waals surface area contributed by atoms with Gasteiger partial charge in [0.1, 0.15) is 0 Å². The van der Waals surface area contributed by atoms with Crippen molar-refractivity contribution < 1.29 is 0 Å². The van der Waals surface area contributed by atoms with Crippen LogP contribution in [0.5, 0.6) is 0 Å². The first-order valence-electron chi connectivity index (χ1n) is 9.46. The van der Waals surface area contributed by atoms with Crippen molar-refractivity contribution in [2.75, 3.05) is 12.4 Å². The summed E-state index contributed by atoms with van der Waals surface area (Å²) < 4.78 is 0. The van der Waals surface area contributed by atoms with Crippen molar-refractivity contribution in [2.45, 2.75) is 96.8 Å². The lowest BCUT2D eigenvalue weighted by Crippen LogP contribution is -2.14. The zero-order chi connectivity index (χ0) is 15.0. The van der Waals surface area contributed by atoms with Crippen molar-refractivity contribution in [3.8, 4) is 0 Å². The largest absolute Gasteiger partial charge is 0.367 e. The molecule has 132 valence electrons. The van der Waals surface area contributed by atoms with E-state index in [9.17, 15) is 0 Å². The van der Waals surface area contributed by atoms with Gasteiger partial charge in [-0.3, -0.25) is 0 Å². The molecule has 0 fully saturated rings. The van der Waals surface area contributed by atoms with Gasteiger partial charge in [-0.05, 0) is 11.8 Å². The van der Waals surface area contributed by atoms with Crippen molar-refractivity contribution >= 4 is 24.2 Å². The second kappa shape index (κ2) is 17.5. The van der Waals surface area contributed by atoms with E-state index >= 15 is 0 Å². The van der Waals surface area contributed by atoms with Crippen molar-refractivity contribution in [3.05, 3.63) is 11.6 Å². The van der Waals surface area contributed by atoms with E-state index in [1.54, 1.807) is 0 Å². The van der Waals surface area contributed by atoms with Crippen LogP contribution in [-0.4, -0.2) is 17.3 Å². The van der Waals surface area contributed by atoms with Gasteiger partial charge in [0.15, 0.2) is 0 Å². The van der Waals surface area contributed by atoms with E-state index in [0.717, 1.165) is 0 Å². The summed E-state index contributed by atoms with van der Waals surface area (Å²) in [5.41, 5.74) is 0. The number of nitrogens with zero attached hydrogens (tertiary/aromatic N) is 1. The lowest BCUT2D eigenvalue weighted by atomic mass is 10.0. The Morgan fingerprint density at radius 2 is 1.18 bits per heavy atom. The fourth-order valence-electron chi connectivity index (χ4n) is 2.96. The highest BCUT2D eigenvalue weighted by atomic mass is 35.5. The molecular weight excluding hydrogens is 310 g/mol. The molecule has 0 aliphatic carbocycles. The van der Waals surface area contributed by atoms with Gasteiger partial charge in [-0.25, -0.2) is 0 Å². The summed E-state index contributed by atoms with van der Waals surface area (Å²) in [6, 6.07) is 0. The van der Waals surface area contributed by atoms with Gasteiger partial charge in [0.2, 0.25) is 0 Å². The molecule has 3 heteroatoms. The predicted molar refractivity (Wildman–Crippen MR) is 106 cm³/mol. The Kier molecular flexibility index (Phi) is 17.7. The number of unbranched alkanes of at least 4 members (excludes halogenated alkanes) is 13. The summed E-state index contributed by atoms with van der Waals surface area (Å²) in [6.07, 6.45) is 22.5. The monoisotopic (exact) mass is 347 g/mol. The Balaban J connectivity index is 0.00000441. The maximum absolute atomic E-state index is 2.44. The molecule has 0 saturated heterocycles. The van der Waals surface area contributed by atoms with Gasteiger partial charge in [0, 0.05) is 12.7 Å². The van der Waals surface area contributed by atoms with Gasteiger partial charge in [0.05, 0.1) is 5.88 Å².